The maximum Gasteiger partial charge on any atom is 0.241 e. The van der Waals surface area contributed by atoms with Crippen LogP contribution in [0, 0.1) is 5.92 Å². The molecule has 1 amide bonds. The third-order valence-electron chi connectivity index (χ3n) is 4.95. The van der Waals surface area contributed by atoms with Crippen LogP contribution >= 0.6 is 11.6 Å². The van der Waals surface area contributed by atoms with Gasteiger partial charge in [-0.1, -0.05) is 58.1 Å². The highest BCUT2D eigenvalue weighted by molar-refractivity contribution is 6.29. The summed E-state index contributed by atoms with van der Waals surface area (Å²) in [4.78, 5) is 14.3. The first-order valence-corrected chi connectivity index (χ1v) is 9.61. The maximum atomic E-state index is 12.4. The lowest BCUT2D eigenvalue weighted by Crippen LogP contribution is -2.36. The Labute approximate surface area is 146 Å². The molecule has 0 saturated heterocycles. The Balaban J connectivity index is 2.10. The van der Waals surface area contributed by atoms with Crippen LogP contribution in [0.4, 0.5) is 5.69 Å². The number of benzene rings is 1. The molecular weight excluding hydrogens is 306 g/mol. The quantitative estimate of drug-likeness (QED) is 0.628. The molecule has 0 aliphatic heterocycles. The minimum atomic E-state index is 0.0195. The summed E-state index contributed by atoms with van der Waals surface area (Å²) in [6, 6.07) is 8.41. The molecule has 0 radical (unpaired) electrons. The summed E-state index contributed by atoms with van der Waals surface area (Å²) in [6.07, 6.45) is 9.09. The number of carbonyl (C=O) groups is 1. The Morgan fingerprint density at radius 1 is 1.09 bits per heavy atom. The predicted molar refractivity (Wildman–Crippen MR) is 99.4 cm³/mol. The van der Waals surface area contributed by atoms with Crippen LogP contribution in [0.15, 0.2) is 24.3 Å². The van der Waals surface area contributed by atoms with E-state index in [-0.39, 0.29) is 11.8 Å². The van der Waals surface area contributed by atoms with Crippen molar-refractivity contribution >= 4 is 23.2 Å². The summed E-state index contributed by atoms with van der Waals surface area (Å²) >= 11 is 5.86. The molecule has 1 fully saturated rings. The molecular formula is C20H30ClNO. The molecule has 128 valence electrons. The number of nitrogens with zero attached hydrogens (tertiary/aromatic N) is 1. The van der Waals surface area contributed by atoms with Crippen LogP contribution in [0.5, 0.6) is 0 Å². The normalized spacial score (nSPS) is 16.9. The first-order valence-electron chi connectivity index (χ1n) is 9.08. The number of hydrogen-bond donors (Lipinski definition) is 0. The smallest absolute Gasteiger partial charge is 0.241 e. The molecule has 2 rings (SSSR count). The lowest BCUT2D eigenvalue weighted by Gasteiger charge is -2.28. The van der Waals surface area contributed by atoms with E-state index in [1.54, 1.807) is 0 Å². The Morgan fingerprint density at radius 3 is 2.17 bits per heavy atom. The number of anilines is 1. The molecule has 1 aliphatic rings. The molecule has 1 aliphatic carbocycles. The van der Waals surface area contributed by atoms with E-state index in [2.05, 4.69) is 38.1 Å². The molecule has 2 nitrogen and oxygen atoms in total. The SMILES string of the molecule is CC(C)c1ccc(N(CC2CCCCCCC2)C(=O)CCl)cc1. The number of amides is 1. The van der Waals surface area contributed by atoms with Gasteiger partial charge in [-0.15, -0.1) is 11.6 Å². The summed E-state index contributed by atoms with van der Waals surface area (Å²) in [5.41, 5.74) is 2.29. The molecule has 0 heterocycles. The van der Waals surface area contributed by atoms with Crippen LogP contribution < -0.4 is 4.90 Å². The fourth-order valence-corrected chi connectivity index (χ4v) is 3.59. The van der Waals surface area contributed by atoms with Gasteiger partial charge < -0.3 is 4.90 Å². The van der Waals surface area contributed by atoms with E-state index in [0.717, 1.165) is 12.2 Å². The molecule has 0 atom stereocenters. The van der Waals surface area contributed by atoms with Crippen molar-refractivity contribution in [1.29, 1.82) is 0 Å². The van der Waals surface area contributed by atoms with Crippen molar-refractivity contribution in [3.8, 4) is 0 Å². The Hall–Kier alpha value is -1.02. The topological polar surface area (TPSA) is 20.3 Å². The largest absolute Gasteiger partial charge is 0.311 e. The van der Waals surface area contributed by atoms with E-state index >= 15 is 0 Å². The molecule has 1 saturated carbocycles. The van der Waals surface area contributed by atoms with Crippen molar-refractivity contribution in [2.45, 2.75) is 64.7 Å². The molecule has 0 N–H and O–H groups in total. The third kappa shape index (κ3) is 5.53. The van der Waals surface area contributed by atoms with Gasteiger partial charge in [0.1, 0.15) is 5.88 Å². The van der Waals surface area contributed by atoms with Gasteiger partial charge in [-0.2, -0.15) is 0 Å². The van der Waals surface area contributed by atoms with Crippen LogP contribution in [0.25, 0.3) is 0 Å². The van der Waals surface area contributed by atoms with Gasteiger partial charge >= 0.3 is 0 Å². The van der Waals surface area contributed by atoms with Crippen LogP contribution in [0.3, 0.4) is 0 Å². The van der Waals surface area contributed by atoms with E-state index in [4.69, 9.17) is 11.6 Å². The van der Waals surface area contributed by atoms with Crippen molar-refractivity contribution in [3.63, 3.8) is 0 Å². The van der Waals surface area contributed by atoms with E-state index in [1.807, 2.05) is 4.90 Å². The highest BCUT2D eigenvalue weighted by Gasteiger charge is 2.20. The molecule has 3 heteroatoms. The van der Waals surface area contributed by atoms with E-state index in [1.165, 1.54) is 50.5 Å². The van der Waals surface area contributed by atoms with Gasteiger partial charge in [0.25, 0.3) is 0 Å². The number of halogens is 1. The Kier molecular flexibility index (Phi) is 7.42. The van der Waals surface area contributed by atoms with Crippen molar-refractivity contribution in [2.24, 2.45) is 5.92 Å². The van der Waals surface area contributed by atoms with Gasteiger partial charge in [-0.3, -0.25) is 4.79 Å². The minimum Gasteiger partial charge on any atom is -0.311 e. The molecule has 0 unspecified atom stereocenters. The fraction of sp³-hybridized carbons (Fsp3) is 0.650. The monoisotopic (exact) mass is 335 g/mol. The minimum absolute atomic E-state index is 0.0195. The number of carbonyl (C=O) groups excluding carboxylic acids is 1. The van der Waals surface area contributed by atoms with Gasteiger partial charge in [-0.25, -0.2) is 0 Å². The number of alkyl halides is 1. The van der Waals surface area contributed by atoms with Gasteiger partial charge in [0, 0.05) is 12.2 Å². The van der Waals surface area contributed by atoms with Crippen LogP contribution in [0.2, 0.25) is 0 Å². The van der Waals surface area contributed by atoms with Crippen LogP contribution in [-0.4, -0.2) is 18.3 Å². The summed E-state index contributed by atoms with van der Waals surface area (Å²) in [7, 11) is 0. The highest BCUT2D eigenvalue weighted by Crippen LogP contribution is 2.26. The molecule has 23 heavy (non-hydrogen) atoms. The summed E-state index contributed by atoms with van der Waals surface area (Å²) < 4.78 is 0. The Bertz CT molecular complexity index is 475. The second kappa shape index (κ2) is 9.32. The Morgan fingerprint density at radius 2 is 1.65 bits per heavy atom. The first kappa shape index (κ1) is 18.3. The van der Waals surface area contributed by atoms with Gasteiger partial charge in [0.05, 0.1) is 0 Å². The van der Waals surface area contributed by atoms with Crippen LogP contribution in [-0.2, 0) is 4.79 Å². The maximum absolute atomic E-state index is 12.4. The van der Waals surface area contributed by atoms with Crippen LogP contribution in [0.1, 0.15) is 70.3 Å². The molecule has 0 aromatic heterocycles. The van der Waals surface area contributed by atoms with E-state index < -0.39 is 0 Å². The zero-order valence-electron chi connectivity index (χ0n) is 14.6. The van der Waals surface area contributed by atoms with Crippen molar-refractivity contribution in [1.82, 2.24) is 0 Å². The zero-order chi connectivity index (χ0) is 16.7. The number of rotatable bonds is 5. The van der Waals surface area contributed by atoms with Crippen molar-refractivity contribution < 1.29 is 4.79 Å². The number of hydrogen-bond acceptors (Lipinski definition) is 1. The molecule has 0 spiro atoms. The fourth-order valence-electron chi connectivity index (χ4n) is 3.44. The molecule has 1 aromatic rings. The summed E-state index contributed by atoms with van der Waals surface area (Å²) in [5.74, 6) is 1.18. The lowest BCUT2D eigenvalue weighted by molar-refractivity contribution is -0.116. The third-order valence-corrected chi connectivity index (χ3v) is 5.18. The second-order valence-electron chi connectivity index (χ2n) is 7.10. The standard InChI is InChI=1S/C20H30ClNO/c1-16(2)18-10-12-19(13-11-18)22(20(23)14-21)15-17-8-6-4-3-5-7-9-17/h10-13,16-17H,3-9,14-15H2,1-2H3. The molecule has 1 aromatic carbocycles. The van der Waals surface area contributed by atoms with Gasteiger partial charge in [0.2, 0.25) is 5.91 Å². The predicted octanol–water partition coefficient (Wildman–Crippen LogP) is 5.74. The van der Waals surface area contributed by atoms with E-state index in [9.17, 15) is 4.79 Å². The zero-order valence-corrected chi connectivity index (χ0v) is 15.3. The average Bonchev–Trinajstić information content (AvgIpc) is 2.53. The second-order valence-corrected chi connectivity index (χ2v) is 7.36. The first-order chi connectivity index (χ1) is 11.1. The summed E-state index contributed by atoms with van der Waals surface area (Å²) in [5, 5.41) is 0. The van der Waals surface area contributed by atoms with Gasteiger partial charge in [-0.05, 0) is 42.4 Å². The average molecular weight is 336 g/mol. The summed E-state index contributed by atoms with van der Waals surface area (Å²) in [6.45, 7) is 5.18. The molecule has 0 bridgehead atoms. The lowest BCUT2D eigenvalue weighted by atomic mass is 9.90. The van der Waals surface area contributed by atoms with E-state index in [0.29, 0.717) is 11.8 Å². The van der Waals surface area contributed by atoms with Crippen molar-refractivity contribution in [2.75, 3.05) is 17.3 Å². The van der Waals surface area contributed by atoms with Gasteiger partial charge in [0.15, 0.2) is 0 Å². The van der Waals surface area contributed by atoms with Crippen molar-refractivity contribution in [3.05, 3.63) is 29.8 Å². The highest BCUT2D eigenvalue weighted by atomic mass is 35.5.